The van der Waals surface area contributed by atoms with Gasteiger partial charge in [-0.1, -0.05) is 12.1 Å². The third kappa shape index (κ3) is 5.35. The highest BCUT2D eigenvalue weighted by Gasteiger charge is 2.07. The van der Waals surface area contributed by atoms with Gasteiger partial charge in [-0.05, 0) is 41.5 Å². The molecule has 0 atom stereocenters. The van der Waals surface area contributed by atoms with Crippen molar-refractivity contribution in [1.82, 2.24) is 5.43 Å². The number of benzene rings is 2. The monoisotopic (exact) mass is 342 g/mol. The molecule has 0 bridgehead atoms. The Morgan fingerprint density at radius 2 is 1.88 bits per heavy atom. The number of nitrogens with one attached hydrogen (secondary N) is 1. The molecule has 0 aliphatic heterocycles. The third-order valence-corrected chi connectivity index (χ3v) is 3.22. The second-order valence-electron chi connectivity index (χ2n) is 5.13. The largest absolute Gasteiger partial charge is 0.493 e. The fourth-order valence-corrected chi connectivity index (χ4v) is 1.99. The van der Waals surface area contributed by atoms with Gasteiger partial charge in [0.1, 0.15) is 6.61 Å². The van der Waals surface area contributed by atoms with Crippen molar-refractivity contribution in [3.63, 3.8) is 0 Å². The lowest BCUT2D eigenvalue weighted by atomic mass is 10.1. The van der Waals surface area contributed by atoms with Gasteiger partial charge >= 0.3 is 5.97 Å². The molecule has 1 amide bonds. The Hall–Kier alpha value is -3.35. The van der Waals surface area contributed by atoms with Gasteiger partial charge in [-0.2, -0.15) is 5.10 Å². The van der Waals surface area contributed by atoms with Crippen molar-refractivity contribution < 1.29 is 24.2 Å². The lowest BCUT2D eigenvalue weighted by Gasteiger charge is -2.11. The van der Waals surface area contributed by atoms with Crippen LogP contribution in [-0.4, -0.2) is 30.3 Å². The molecule has 0 aromatic heterocycles. The highest BCUT2D eigenvalue weighted by Crippen LogP contribution is 2.28. The first-order chi connectivity index (χ1) is 12.0. The van der Waals surface area contributed by atoms with E-state index in [2.05, 4.69) is 10.5 Å². The number of carboxylic acids is 1. The Morgan fingerprint density at radius 1 is 1.16 bits per heavy atom. The number of hydrogen-bond donors (Lipinski definition) is 2. The van der Waals surface area contributed by atoms with E-state index in [-0.39, 0.29) is 18.1 Å². The van der Waals surface area contributed by atoms with Crippen LogP contribution in [0, 0.1) is 0 Å². The fourth-order valence-electron chi connectivity index (χ4n) is 1.99. The van der Waals surface area contributed by atoms with Crippen LogP contribution in [0.3, 0.4) is 0 Å². The predicted octanol–water partition coefficient (Wildman–Crippen LogP) is 2.44. The van der Waals surface area contributed by atoms with Crippen LogP contribution in [0.5, 0.6) is 11.5 Å². The molecule has 0 aliphatic carbocycles. The van der Waals surface area contributed by atoms with E-state index < -0.39 is 5.97 Å². The molecular formula is C18H18N2O5. The summed E-state index contributed by atoms with van der Waals surface area (Å²) in [6.07, 6.45) is 1.50. The van der Waals surface area contributed by atoms with E-state index in [9.17, 15) is 9.59 Å². The van der Waals surface area contributed by atoms with Gasteiger partial charge in [-0.15, -0.1) is 0 Å². The number of nitrogens with zero attached hydrogens (tertiary/aromatic N) is 1. The third-order valence-electron chi connectivity index (χ3n) is 3.22. The maximum absolute atomic E-state index is 10.8. The van der Waals surface area contributed by atoms with E-state index in [0.29, 0.717) is 11.5 Å². The maximum Gasteiger partial charge on any atom is 0.335 e. The Balaban J connectivity index is 2.04. The molecule has 0 aliphatic rings. The van der Waals surface area contributed by atoms with Crippen molar-refractivity contribution in [3.05, 3.63) is 59.2 Å². The molecule has 0 spiro atoms. The molecule has 0 radical (unpaired) electrons. The van der Waals surface area contributed by atoms with Crippen molar-refractivity contribution in [3.8, 4) is 11.5 Å². The van der Waals surface area contributed by atoms with Crippen LogP contribution in [0.25, 0.3) is 0 Å². The van der Waals surface area contributed by atoms with Gasteiger partial charge in [-0.25, -0.2) is 10.2 Å². The number of hydrogen-bond acceptors (Lipinski definition) is 5. The van der Waals surface area contributed by atoms with Crippen molar-refractivity contribution >= 4 is 18.1 Å². The van der Waals surface area contributed by atoms with E-state index in [1.165, 1.54) is 32.4 Å². The molecule has 0 saturated heterocycles. The molecule has 0 fully saturated rings. The van der Waals surface area contributed by atoms with E-state index in [1.54, 1.807) is 30.3 Å². The van der Waals surface area contributed by atoms with Gasteiger partial charge < -0.3 is 14.6 Å². The first-order valence-corrected chi connectivity index (χ1v) is 7.42. The van der Waals surface area contributed by atoms with E-state index >= 15 is 0 Å². The van der Waals surface area contributed by atoms with Crippen LogP contribution in [0.15, 0.2) is 47.6 Å². The molecule has 2 N–H and O–H groups in total. The molecule has 7 nitrogen and oxygen atoms in total. The summed E-state index contributed by atoms with van der Waals surface area (Å²) < 4.78 is 11.0. The van der Waals surface area contributed by atoms with Crippen molar-refractivity contribution in [2.24, 2.45) is 5.10 Å². The van der Waals surface area contributed by atoms with Crippen LogP contribution >= 0.6 is 0 Å². The number of carbonyl (C=O) groups is 2. The minimum Gasteiger partial charge on any atom is -0.493 e. The molecule has 0 heterocycles. The van der Waals surface area contributed by atoms with Crippen molar-refractivity contribution in [2.75, 3.05) is 7.11 Å². The first-order valence-electron chi connectivity index (χ1n) is 7.42. The summed E-state index contributed by atoms with van der Waals surface area (Å²) in [5.74, 6) is -0.154. The van der Waals surface area contributed by atoms with Gasteiger partial charge in [0.05, 0.1) is 18.9 Å². The van der Waals surface area contributed by atoms with Crippen molar-refractivity contribution in [1.29, 1.82) is 0 Å². The average molecular weight is 342 g/mol. The second kappa shape index (κ2) is 8.49. The van der Waals surface area contributed by atoms with Crippen LogP contribution in [0.4, 0.5) is 0 Å². The highest BCUT2D eigenvalue weighted by molar-refractivity contribution is 5.87. The minimum atomic E-state index is -0.967. The quantitative estimate of drug-likeness (QED) is 0.595. The molecule has 25 heavy (non-hydrogen) atoms. The van der Waals surface area contributed by atoms with Crippen LogP contribution in [0.2, 0.25) is 0 Å². The van der Waals surface area contributed by atoms with E-state index in [4.69, 9.17) is 14.6 Å². The van der Waals surface area contributed by atoms with Crippen LogP contribution in [0.1, 0.15) is 28.4 Å². The molecular weight excluding hydrogens is 324 g/mol. The number of methoxy groups -OCH3 is 1. The van der Waals surface area contributed by atoms with Crippen molar-refractivity contribution in [2.45, 2.75) is 13.5 Å². The van der Waals surface area contributed by atoms with Gasteiger partial charge in [0.25, 0.3) is 0 Å². The standard InChI is InChI=1S/C18H18N2O5/c1-12(21)20-19-10-14-5-8-16(17(9-14)24-2)25-11-13-3-6-15(7-4-13)18(22)23/h3-10H,11H2,1-2H3,(H,20,21)(H,22,23)/b19-10-. The van der Waals surface area contributed by atoms with E-state index in [0.717, 1.165) is 11.1 Å². The summed E-state index contributed by atoms with van der Waals surface area (Å²) in [6, 6.07) is 11.7. The summed E-state index contributed by atoms with van der Waals surface area (Å²) in [7, 11) is 1.53. The number of amides is 1. The summed E-state index contributed by atoms with van der Waals surface area (Å²) in [6.45, 7) is 1.65. The molecule has 0 unspecified atom stereocenters. The lowest BCUT2D eigenvalue weighted by molar-refractivity contribution is -0.118. The fraction of sp³-hybridized carbons (Fsp3) is 0.167. The number of rotatable bonds is 7. The predicted molar refractivity (Wildman–Crippen MR) is 92.1 cm³/mol. The van der Waals surface area contributed by atoms with Crippen LogP contribution in [-0.2, 0) is 11.4 Å². The SMILES string of the molecule is COc1cc(/C=N\NC(C)=O)ccc1OCc1ccc(C(=O)O)cc1. The Morgan fingerprint density at radius 3 is 2.48 bits per heavy atom. The molecule has 130 valence electrons. The smallest absolute Gasteiger partial charge is 0.335 e. The van der Waals surface area contributed by atoms with E-state index in [1.807, 2.05) is 0 Å². The second-order valence-corrected chi connectivity index (χ2v) is 5.13. The number of aromatic carboxylic acids is 1. The van der Waals surface area contributed by atoms with Gasteiger partial charge in [-0.3, -0.25) is 4.79 Å². The average Bonchev–Trinajstić information content (AvgIpc) is 2.60. The minimum absolute atomic E-state index is 0.226. The number of ether oxygens (including phenoxy) is 2. The zero-order chi connectivity index (χ0) is 18.2. The normalized spacial score (nSPS) is 10.5. The molecule has 2 aromatic carbocycles. The Labute approximate surface area is 144 Å². The summed E-state index contributed by atoms with van der Waals surface area (Å²) in [5.41, 5.74) is 4.12. The summed E-state index contributed by atoms with van der Waals surface area (Å²) in [5, 5.41) is 12.7. The Bertz CT molecular complexity index is 785. The maximum atomic E-state index is 10.8. The zero-order valence-corrected chi connectivity index (χ0v) is 13.9. The molecule has 0 saturated carbocycles. The Kier molecular flexibility index (Phi) is 6.11. The number of carbonyl (C=O) groups excluding carboxylic acids is 1. The van der Waals surface area contributed by atoms with Gasteiger partial charge in [0.15, 0.2) is 11.5 Å². The topological polar surface area (TPSA) is 97.2 Å². The van der Waals surface area contributed by atoms with Crippen LogP contribution < -0.4 is 14.9 Å². The first kappa shape index (κ1) is 18.0. The highest BCUT2D eigenvalue weighted by atomic mass is 16.5. The zero-order valence-electron chi connectivity index (χ0n) is 13.9. The molecule has 2 rings (SSSR count). The summed E-state index contributed by atoms with van der Waals surface area (Å²) in [4.78, 5) is 21.6. The van der Waals surface area contributed by atoms with Gasteiger partial charge in [0, 0.05) is 6.92 Å². The lowest BCUT2D eigenvalue weighted by Crippen LogP contribution is -2.12. The summed E-state index contributed by atoms with van der Waals surface area (Å²) >= 11 is 0. The number of carboxylic acid groups (broad SMARTS) is 1. The van der Waals surface area contributed by atoms with Gasteiger partial charge in [0.2, 0.25) is 5.91 Å². The molecule has 2 aromatic rings. The number of hydrazone groups is 1. The molecule has 7 heteroatoms.